The highest BCUT2D eigenvalue weighted by Gasteiger charge is 2.28. The summed E-state index contributed by atoms with van der Waals surface area (Å²) in [6.07, 6.45) is -3.12. The number of pyridine rings is 1. The number of hydrogen-bond acceptors (Lipinski definition) is 3. The molecule has 2 aromatic rings. The first-order chi connectivity index (χ1) is 8.38. The molecule has 0 aliphatic heterocycles. The summed E-state index contributed by atoms with van der Waals surface area (Å²) in [6, 6.07) is 4.54. The van der Waals surface area contributed by atoms with Gasteiger partial charge in [0.25, 0.3) is 0 Å². The number of nitrogens with two attached hydrogens (primary N) is 1. The van der Waals surface area contributed by atoms with E-state index in [0.29, 0.717) is 5.39 Å². The molecule has 0 unspecified atom stereocenters. The normalized spacial score (nSPS) is 11.8. The molecule has 0 radical (unpaired) electrons. The lowest BCUT2D eigenvalue weighted by atomic mass is 10.2. The number of hydrogen-bond donors (Lipinski definition) is 1. The van der Waals surface area contributed by atoms with Gasteiger partial charge in [0, 0.05) is 5.39 Å². The van der Waals surface area contributed by atoms with Crippen molar-refractivity contribution in [2.45, 2.75) is 6.18 Å². The number of anilines is 1. The van der Waals surface area contributed by atoms with Gasteiger partial charge in [0.2, 0.25) is 0 Å². The Kier molecular flexibility index (Phi) is 3.21. The van der Waals surface area contributed by atoms with Gasteiger partial charge in [-0.15, -0.1) is 0 Å². The van der Waals surface area contributed by atoms with Gasteiger partial charge in [-0.1, -0.05) is 23.7 Å². The van der Waals surface area contributed by atoms with E-state index in [1.165, 1.54) is 18.3 Å². The Morgan fingerprint density at radius 2 is 2.06 bits per heavy atom. The maximum atomic E-state index is 12.1. The highest BCUT2D eigenvalue weighted by molar-refractivity contribution is 6.37. The number of halogens is 4. The maximum absolute atomic E-state index is 12.1. The minimum Gasteiger partial charge on any atom is -0.482 e. The van der Waals surface area contributed by atoms with Gasteiger partial charge in [0.05, 0.1) is 16.9 Å². The summed E-state index contributed by atoms with van der Waals surface area (Å²) in [5.41, 5.74) is 6.08. The molecule has 0 fully saturated rings. The van der Waals surface area contributed by atoms with Crippen LogP contribution in [0.2, 0.25) is 5.02 Å². The third kappa shape index (κ3) is 2.59. The second-order valence-corrected chi connectivity index (χ2v) is 3.96. The average molecular weight is 277 g/mol. The lowest BCUT2D eigenvalue weighted by molar-refractivity contribution is -0.153. The SMILES string of the molecule is Nc1cnc2c(OCC(F)(F)F)cccc2c1Cl. The molecule has 3 nitrogen and oxygen atoms in total. The largest absolute Gasteiger partial charge is 0.482 e. The molecule has 7 heteroatoms. The van der Waals surface area contributed by atoms with E-state index in [1.54, 1.807) is 6.07 Å². The van der Waals surface area contributed by atoms with Crippen molar-refractivity contribution >= 4 is 28.2 Å². The van der Waals surface area contributed by atoms with Gasteiger partial charge in [-0.25, -0.2) is 0 Å². The molecule has 1 aromatic carbocycles. The number of para-hydroxylation sites is 1. The lowest BCUT2D eigenvalue weighted by Crippen LogP contribution is -2.19. The van der Waals surface area contributed by atoms with E-state index < -0.39 is 12.8 Å². The standard InChI is InChI=1S/C11H8ClF3N2O/c12-9-6-2-1-3-8(18-5-11(13,14)15)10(6)17-4-7(9)16/h1-4H,5,16H2. The molecule has 2 N–H and O–H groups in total. The van der Waals surface area contributed by atoms with Crippen molar-refractivity contribution in [2.75, 3.05) is 12.3 Å². The van der Waals surface area contributed by atoms with Gasteiger partial charge in [-0.05, 0) is 6.07 Å². The Balaban J connectivity index is 2.43. The molecule has 0 saturated carbocycles. The van der Waals surface area contributed by atoms with Crippen LogP contribution >= 0.6 is 11.6 Å². The molecule has 18 heavy (non-hydrogen) atoms. The first kappa shape index (κ1) is 12.8. The molecule has 1 aromatic heterocycles. The molecular formula is C11H8ClF3N2O. The highest BCUT2D eigenvalue weighted by atomic mass is 35.5. The highest BCUT2D eigenvalue weighted by Crippen LogP contribution is 2.32. The fourth-order valence-corrected chi connectivity index (χ4v) is 1.66. The third-order valence-electron chi connectivity index (χ3n) is 2.21. The summed E-state index contributed by atoms with van der Waals surface area (Å²) in [5.74, 6) is 0.0201. The molecule has 0 aliphatic rings. The van der Waals surface area contributed by atoms with E-state index in [4.69, 9.17) is 22.1 Å². The van der Waals surface area contributed by atoms with Gasteiger partial charge >= 0.3 is 6.18 Å². The molecule has 0 amide bonds. The van der Waals surface area contributed by atoms with E-state index in [2.05, 4.69) is 4.98 Å². The number of nitrogens with zero attached hydrogens (tertiary/aromatic N) is 1. The van der Waals surface area contributed by atoms with Crippen molar-refractivity contribution < 1.29 is 17.9 Å². The van der Waals surface area contributed by atoms with Crippen LogP contribution < -0.4 is 10.5 Å². The topological polar surface area (TPSA) is 48.1 Å². The van der Waals surface area contributed by atoms with Crippen molar-refractivity contribution in [3.05, 3.63) is 29.4 Å². The first-order valence-electron chi connectivity index (χ1n) is 4.91. The monoisotopic (exact) mass is 276 g/mol. The second kappa shape index (κ2) is 4.53. The van der Waals surface area contributed by atoms with Gasteiger partial charge in [0.15, 0.2) is 6.61 Å². The number of fused-ring (bicyclic) bond motifs is 1. The first-order valence-corrected chi connectivity index (χ1v) is 5.28. The molecule has 0 atom stereocenters. The Morgan fingerprint density at radius 3 is 2.72 bits per heavy atom. The molecular weight excluding hydrogens is 269 g/mol. The van der Waals surface area contributed by atoms with E-state index in [9.17, 15) is 13.2 Å². The lowest BCUT2D eigenvalue weighted by Gasteiger charge is -2.11. The summed E-state index contributed by atoms with van der Waals surface area (Å²) in [5, 5.41) is 0.703. The zero-order chi connectivity index (χ0) is 13.3. The van der Waals surface area contributed by atoms with Crippen LogP contribution in [-0.2, 0) is 0 Å². The van der Waals surface area contributed by atoms with Crippen molar-refractivity contribution in [3.8, 4) is 5.75 Å². The predicted molar refractivity (Wildman–Crippen MR) is 62.7 cm³/mol. The van der Waals surface area contributed by atoms with Crippen molar-refractivity contribution in [3.63, 3.8) is 0 Å². The van der Waals surface area contributed by atoms with Crippen LogP contribution in [0.4, 0.5) is 18.9 Å². The third-order valence-corrected chi connectivity index (χ3v) is 2.63. The minimum absolute atomic E-state index is 0.0201. The number of benzene rings is 1. The van der Waals surface area contributed by atoms with Crippen LogP contribution in [0.15, 0.2) is 24.4 Å². The number of alkyl halides is 3. The van der Waals surface area contributed by atoms with Gasteiger partial charge in [-0.3, -0.25) is 4.98 Å². The fraction of sp³-hybridized carbons (Fsp3) is 0.182. The van der Waals surface area contributed by atoms with Crippen molar-refractivity contribution in [2.24, 2.45) is 0 Å². The Bertz CT molecular complexity index is 586. The molecule has 0 aliphatic carbocycles. The van der Waals surface area contributed by atoms with E-state index in [0.717, 1.165) is 0 Å². The van der Waals surface area contributed by atoms with Crippen LogP contribution in [-0.4, -0.2) is 17.8 Å². The van der Waals surface area contributed by atoms with Gasteiger partial charge in [0.1, 0.15) is 11.3 Å². The summed E-state index contributed by atoms with van der Waals surface area (Å²) < 4.78 is 41.0. The molecule has 0 saturated heterocycles. The smallest absolute Gasteiger partial charge is 0.422 e. The summed E-state index contributed by atoms with van der Waals surface area (Å²) in [6.45, 7) is -1.38. The van der Waals surface area contributed by atoms with Crippen LogP contribution in [0.3, 0.4) is 0 Å². The van der Waals surface area contributed by atoms with E-state index in [1.807, 2.05) is 0 Å². The van der Waals surface area contributed by atoms with Gasteiger partial charge < -0.3 is 10.5 Å². The molecule has 96 valence electrons. The fourth-order valence-electron chi connectivity index (χ4n) is 1.45. The van der Waals surface area contributed by atoms with Gasteiger partial charge in [-0.2, -0.15) is 13.2 Å². The summed E-state index contributed by atoms with van der Waals surface area (Å²) in [4.78, 5) is 3.94. The number of ether oxygens (including phenoxy) is 1. The molecule has 0 spiro atoms. The van der Waals surface area contributed by atoms with Crippen LogP contribution in [0, 0.1) is 0 Å². The van der Waals surface area contributed by atoms with E-state index >= 15 is 0 Å². The minimum atomic E-state index is -4.40. The van der Waals surface area contributed by atoms with E-state index in [-0.39, 0.29) is 22.0 Å². The van der Waals surface area contributed by atoms with Crippen LogP contribution in [0.1, 0.15) is 0 Å². The zero-order valence-corrected chi connectivity index (χ0v) is 9.72. The Morgan fingerprint density at radius 1 is 1.33 bits per heavy atom. The molecule has 0 bridgehead atoms. The van der Waals surface area contributed by atoms with Crippen molar-refractivity contribution in [1.29, 1.82) is 0 Å². The zero-order valence-electron chi connectivity index (χ0n) is 8.96. The van der Waals surface area contributed by atoms with Crippen LogP contribution in [0.5, 0.6) is 5.75 Å². The number of nitrogen functional groups attached to an aromatic ring is 1. The molecule has 1 heterocycles. The quantitative estimate of drug-likeness (QED) is 0.914. The maximum Gasteiger partial charge on any atom is 0.422 e. The number of aromatic nitrogens is 1. The predicted octanol–water partition coefficient (Wildman–Crippen LogP) is 3.41. The van der Waals surface area contributed by atoms with Crippen molar-refractivity contribution in [1.82, 2.24) is 4.98 Å². The number of rotatable bonds is 2. The summed E-state index contributed by atoms with van der Waals surface area (Å²) >= 11 is 5.95. The Hall–Kier alpha value is -1.69. The summed E-state index contributed by atoms with van der Waals surface area (Å²) in [7, 11) is 0. The van der Waals surface area contributed by atoms with Crippen LogP contribution in [0.25, 0.3) is 10.9 Å². The Labute approximate surface area is 105 Å². The second-order valence-electron chi connectivity index (χ2n) is 3.58. The average Bonchev–Trinajstić information content (AvgIpc) is 2.30. The molecule has 2 rings (SSSR count).